The van der Waals surface area contributed by atoms with E-state index in [1.807, 2.05) is 24.3 Å². The van der Waals surface area contributed by atoms with Crippen molar-refractivity contribution in [3.63, 3.8) is 0 Å². The van der Waals surface area contributed by atoms with E-state index in [1.165, 1.54) is 21.9 Å². The van der Waals surface area contributed by atoms with Gasteiger partial charge in [0.25, 0.3) is 0 Å². The lowest BCUT2D eigenvalue weighted by Crippen LogP contribution is -2.03. The van der Waals surface area contributed by atoms with Gasteiger partial charge in [-0.1, -0.05) is 52.3 Å². The summed E-state index contributed by atoms with van der Waals surface area (Å²) in [6, 6.07) is 22.1. The largest absolute Gasteiger partial charge is 0.508 e. The maximum atomic E-state index is 10.2. The molecule has 0 amide bonds. The van der Waals surface area contributed by atoms with E-state index in [9.17, 15) is 5.11 Å². The standard InChI is InChI=1S/C23H17BrN2O/c24-20-10-9-14(27)11-17(20)23(18-12-25-21-7-3-1-5-15(18)21)19-13-26-22-8-4-2-6-16(19)22/h1-13,23,25-27H. The van der Waals surface area contributed by atoms with Crippen molar-refractivity contribution in [2.45, 2.75) is 5.92 Å². The summed E-state index contributed by atoms with van der Waals surface area (Å²) in [5.41, 5.74) is 5.61. The van der Waals surface area contributed by atoms with Crippen LogP contribution in [0.2, 0.25) is 0 Å². The number of phenolic OH excluding ortho intramolecular Hbond substituents is 1. The summed E-state index contributed by atoms with van der Waals surface area (Å²) < 4.78 is 0.973. The number of aromatic nitrogens is 2. The number of halogens is 1. The minimum Gasteiger partial charge on any atom is -0.508 e. The second-order valence-electron chi connectivity index (χ2n) is 6.72. The van der Waals surface area contributed by atoms with E-state index < -0.39 is 0 Å². The quantitative estimate of drug-likeness (QED) is 0.317. The van der Waals surface area contributed by atoms with Crippen LogP contribution in [0.4, 0.5) is 0 Å². The van der Waals surface area contributed by atoms with Crippen LogP contribution in [0.1, 0.15) is 22.6 Å². The topological polar surface area (TPSA) is 51.8 Å². The first-order valence-electron chi connectivity index (χ1n) is 8.83. The second kappa shape index (κ2) is 6.32. The molecule has 0 fully saturated rings. The fraction of sp³-hybridized carbons (Fsp3) is 0.0435. The molecule has 0 saturated heterocycles. The van der Waals surface area contributed by atoms with E-state index in [0.717, 1.165) is 21.1 Å². The first-order valence-corrected chi connectivity index (χ1v) is 9.62. The van der Waals surface area contributed by atoms with Gasteiger partial charge < -0.3 is 15.1 Å². The van der Waals surface area contributed by atoms with Gasteiger partial charge in [-0.25, -0.2) is 0 Å². The fourth-order valence-corrected chi connectivity index (χ4v) is 4.40. The first kappa shape index (κ1) is 16.2. The summed E-state index contributed by atoms with van der Waals surface area (Å²) in [7, 11) is 0. The van der Waals surface area contributed by atoms with Gasteiger partial charge in [0, 0.05) is 44.6 Å². The van der Waals surface area contributed by atoms with Crippen LogP contribution in [-0.2, 0) is 0 Å². The molecule has 0 aliphatic carbocycles. The van der Waals surface area contributed by atoms with Crippen molar-refractivity contribution in [1.82, 2.24) is 9.97 Å². The Kier molecular flexibility index (Phi) is 3.80. The average molecular weight is 417 g/mol. The van der Waals surface area contributed by atoms with Crippen molar-refractivity contribution in [2.75, 3.05) is 0 Å². The summed E-state index contributed by atoms with van der Waals surface area (Å²) in [6.07, 6.45) is 4.15. The molecule has 2 aromatic heterocycles. The highest BCUT2D eigenvalue weighted by Crippen LogP contribution is 2.42. The van der Waals surface area contributed by atoms with E-state index >= 15 is 0 Å². The molecule has 5 rings (SSSR count). The Bertz CT molecular complexity index is 1190. The number of rotatable bonds is 3. The summed E-state index contributed by atoms with van der Waals surface area (Å²) in [6.45, 7) is 0. The number of aromatic amines is 2. The Morgan fingerprint density at radius 3 is 1.85 bits per heavy atom. The van der Waals surface area contributed by atoms with Crippen molar-refractivity contribution in [3.05, 3.63) is 100 Å². The van der Waals surface area contributed by atoms with Gasteiger partial charge in [-0.05, 0) is 47.0 Å². The van der Waals surface area contributed by atoms with Crippen LogP contribution in [0, 0.1) is 0 Å². The molecule has 2 heterocycles. The number of nitrogens with one attached hydrogen (secondary N) is 2. The summed E-state index contributed by atoms with van der Waals surface area (Å²) in [5.74, 6) is 0.233. The van der Waals surface area contributed by atoms with Gasteiger partial charge in [-0.3, -0.25) is 0 Å². The Labute approximate surface area is 164 Å². The molecular formula is C23H17BrN2O. The zero-order valence-corrected chi connectivity index (χ0v) is 16.0. The number of hydrogen-bond donors (Lipinski definition) is 3. The molecule has 0 radical (unpaired) electrons. The third-order valence-electron chi connectivity index (χ3n) is 5.16. The van der Waals surface area contributed by atoms with Gasteiger partial charge >= 0.3 is 0 Å². The van der Waals surface area contributed by atoms with E-state index in [0.29, 0.717) is 0 Å². The van der Waals surface area contributed by atoms with Crippen LogP contribution in [0.5, 0.6) is 5.75 Å². The van der Waals surface area contributed by atoms with E-state index in [2.05, 4.69) is 74.7 Å². The third kappa shape index (κ3) is 2.64. The van der Waals surface area contributed by atoms with Gasteiger partial charge in [0.2, 0.25) is 0 Å². The third-order valence-corrected chi connectivity index (χ3v) is 5.88. The highest BCUT2D eigenvalue weighted by atomic mass is 79.9. The van der Waals surface area contributed by atoms with Crippen molar-refractivity contribution in [1.29, 1.82) is 0 Å². The molecular weight excluding hydrogens is 400 g/mol. The maximum absolute atomic E-state index is 10.2. The number of hydrogen-bond acceptors (Lipinski definition) is 1. The van der Waals surface area contributed by atoms with Crippen molar-refractivity contribution >= 4 is 37.7 Å². The molecule has 3 aromatic carbocycles. The Balaban J connectivity index is 1.84. The van der Waals surface area contributed by atoms with E-state index in [-0.39, 0.29) is 11.7 Å². The maximum Gasteiger partial charge on any atom is 0.115 e. The van der Waals surface area contributed by atoms with Crippen molar-refractivity contribution < 1.29 is 5.11 Å². The molecule has 3 nitrogen and oxygen atoms in total. The van der Waals surface area contributed by atoms with Crippen LogP contribution >= 0.6 is 15.9 Å². The Morgan fingerprint density at radius 2 is 1.26 bits per heavy atom. The zero-order chi connectivity index (χ0) is 18.4. The number of phenols is 1. The lowest BCUT2D eigenvalue weighted by Gasteiger charge is -2.19. The predicted octanol–water partition coefficient (Wildman–Crippen LogP) is 6.30. The van der Waals surface area contributed by atoms with Crippen molar-refractivity contribution in [2.24, 2.45) is 0 Å². The minimum atomic E-state index is -0.0289. The first-order chi connectivity index (χ1) is 13.2. The molecule has 0 aliphatic rings. The predicted molar refractivity (Wildman–Crippen MR) is 113 cm³/mol. The molecule has 4 heteroatoms. The minimum absolute atomic E-state index is 0.0289. The van der Waals surface area contributed by atoms with E-state index in [4.69, 9.17) is 0 Å². The molecule has 132 valence electrons. The molecule has 0 atom stereocenters. The highest BCUT2D eigenvalue weighted by Gasteiger charge is 2.25. The molecule has 0 aliphatic heterocycles. The van der Waals surface area contributed by atoms with Gasteiger partial charge in [0.15, 0.2) is 0 Å². The molecule has 0 unspecified atom stereocenters. The fourth-order valence-electron chi connectivity index (χ4n) is 3.92. The molecule has 27 heavy (non-hydrogen) atoms. The molecule has 0 spiro atoms. The molecule has 0 saturated carbocycles. The average Bonchev–Trinajstić information content (AvgIpc) is 3.30. The SMILES string of the molecule is Oc1ccc(Br)c(C(c2c[nH]c3ccccc23)c2c[nH]c3ccccc23)c1. The normalized spacial score (nSPS) is 11.6. The summed E-state index contributed by atoms with van der Waals surface area (Å²) in [5, 5.41) is 12.5. The number of fused-ring (bicyclic) bond motifs is 2. The Morgan fingerprint density at radius 1 is 0.704 bits per heavy atom. The lowest BCUT2D eigenvalue weighted by atomic mass is 9.84. The number of para-hydroxylation sites is 2. The zero-order valence-electron chi connectivity index (χ0n) is 14.4. The van der Waals surface area contributed by atoms with Gasteiger partial charge in [0.1, 0.15) is 5.75 Å². The van der Waals surface area contributed by atoms with Crippen LogP contribution in [-0.4, -0.2) is 15.1 Å². The van der Waals surface area contributed by atoms with Crippen molar-refractivity contribution in [3.8, 4) is 5.75 Å². The Hall–Kier alpha value is -2.98. The van der Waals surface area contributed by atoms with Crippen LogP contribution < -0.4 is 0 Å². The molecule has 3 N–H and O–H groups in total. The van der Waals surface area contributed by atoms with E-state index in [1.54, 1.807) is 6.07 Å². The van der Waals surface area contributed by atoms with Crippen LogP contribution in [0.3, 0.4) is 0 Å². The summed E-state index contributed by atoms with van der Waals surface area (Å²) >= 11 is 3.70. The van der Waals surface area contributed by atoms with Gasteiger partial charge in [-0.15, -0.1) is 0 Å². The number of benzene rings is 3. The summed E-state index contributed by atoms with van der Waals surface area (Å²) in [4.78, 5) is 6.79. The van der Waals surface area contributed by atoms with Gasteiger partial charge in [0.05, 0.1) is 0 Å². The monoisotopic (exact) mass is 416 g/mol. The molecule has 0 bridgehead atoms. The molecule has 5 aromatic rings. The van der Waals surface area contributed by atoms with Crippen LogP contribution in [0.25, 0.3) is 21.8 Å². The van der Waals surface area contributed by atoms with Crippen LogP contribution in [0.15, 0.2) is 83.6 Å². The number of H-pyrrole nitrogens is 2. The van der Waals surface area contributed by atoms with Gasteiger partial charge in [-0.2, -0.15) is 0 Å². The lowest BCUT2D eigenvalue weighted by molar-refractivity contribution is 0.474. The number of aromatic hydroxyl groups is 1. The smallest absolute Gasteiger partial charge is 0.115 e. The highest BCUT2D eigenvalue weighted by molar-refractivity contribution is 9.10. The second-order valence-corrected chi connectivity index (χ2v) is 7.57.